The van der Waals surface area contributed by atoms with Gasteiger partial charge in [0.25, 0.3) is 0 Å². The fourth-order valence-corrected chi connectivity index (χ4v) is 0.766. The maximum Gasteiger partial charge on any atom is 0.0698 e. The number of nitrogens with two attached hydrogens (primary N) is 1. The molecule has 0 bridgehead atoms. The summed E-state index contributed by atoms with van der Waals surface area (Å²) in [5.74, 6) is 0. The Kier molecular flexibility index (Phi) is 11.6. The maximum atomic E-state index is 8.39. The molecule has 80 valence electrons. The summed E-state index contributed by atoms with van der Waals surface area (Å²) in [6.45, 7) is 4.57. The van der Waals surface area contributed by atoms with Gasteiger partial charge in [0.1, 0.15) is 0 Å². The number of rotatable bonds is 10. The van der Waals surface area contributed by atoms with E-state index in [4.69, 9.17) is 20.3 Å². The van der Waals surface area contributed by atoms with Gasteiger partial charge in [-0.3, -0.25) is 0 Å². The van der Waals surface area contributed by atoms with Crippen molar-refractivity contribution in [3.8, 4) is 0 Å². The molecular formula is C8H20N2O3. The average molecular weight is 192 g/mol. The van der Waals surface area contributed by atoms with Crippen LogP contribution in [0.5, 0.6) is 0 Å². The van der Waals surface area contributed by atoms with Gasteiger partial charge >= 0.3 is 0 Å². The molecule has 0 aliphatic heterocycles. The second kappa shape index (κ2) is 11.8. The Hall–Kier alpha value is -0.200. The molecule has 0 rings (SSSR count). The van der Waals surface area contributed by atoms with Gasteiger partial charge in [0, 0.05) is 19.6 Å². The van der Waals surface area contributed by atoms with Gasteiger partial charge < -0.3 is 25.6 Å². The van der Waals surface area contributed by atoms with Crippen molar-refractivity contribution in [1.82, 2.24) is 5.32 Å². The molecule has 13 heavy (non-hydrogen) atoms. The third-order valence-corrected chi connectivity index (χ3v) is 1.34. The highest BCUT2D eigenvalue weighted by molar-refractivity contribution is 4.45. The van der Waals surface area contributed by atoms with Crippen molar-refractivity contribution in [2.45, 2.75) is 0 Å². The fraction of sp³-hybridized carbons (Fsp3) is 1.00. The number of ether oxygens (including phenoxy) is 2. The molecule has 0 saturated heterocycles. The van der Waals surface area contributed by atoms with Gasteiger partial charge in [-0.2, -0.15) is 0 Å². The van der Waals surface area contributed by atoms with Crippen molar-refractivity contribution in [3.05, 3.63) is 0 Å². The van der Waals surface area contributed by atoms with Crippen LogP contribution < -0.4 is 11.1 Å². The van der Waals surface area contributed by atoms with E-state index in [0.717, 1.165) is 13.1 Å². The molecular weight excluding hydrogens is 172 g/mol. The lowest BCUT2D eigenvalue weighted by Crippen LogP contribution is -2.25. The van der Waals surface area contributed by atoms with Crippen molar-refractivity contribution in [2.75, 3.05) is 52.7 Å². The van der Waals surface area contributed by atoms with Gasteiger partial charge in [0.15, 0.2) is 0 Å². The summed E-state index contributed by atoms with van der Waals surface area (Å²) in [4.78, 5) is 0. The van der Waals surface area contributed by atoms with Crippen LogP contribution in [-0.2, 0) is 9.47 Å². The molecule has 0 unspecified atom stereocenters. The summed E-state index contributed by atoms with van der Waals surface area (Å²) in [7, 11) is 0. The van der Waals surface area contributed by atoms with Gasteiger partial charge in [-0.25, -0.2) is 0 Å². The van der Waals surface area contributed by atoms with Gasteiger partial charge in [-0.1, -0.05) is 0 Å². The minimum absolute atomic E-state index is 0.0829. The van der Waals surface area contributed by atoms with Crippen LogP contribution in [0.3, 0.4) is 0 Å². The highest BCUT2D eigenvalue weighted by Gasteiger charge is 1.88. The molecule has 0 aromatic carbocycles. The van der Waals surface area contributed by atoms with Crippen LogP contribution in [0.1, 0.15) is 0 Å². The van der Waals surface area contributed by atoms with Gasteiger partial charge in [-0.15, -0.1) is 0 Å². The molecule has 0 atom stereocenters. The zero-order chi connectivity index (χ0) is 9.78. The molecule has 4 N–H and O–H groups in total. The number of aliphatic hydroxyl groups excluding tert-OH is 1. The zero-order valence-electron chi connectivity index (χ0n) is 8.00. The number of hydrogen-bond donors (Lipinski definition) is 3. The van der Waals surface area contributed by atoms with Crippen LogP contribution in [0, 0.1) is 0 Å². The Morgan fingerprint density at radius 1 is 1.00 bits per heavy atom. The Morgan fingerprint density at radius 2 is 1.62 bits per heavy atom. The van der Waals surface area contributed by atoms with Gasteiger partial charge in [0.2, 0.25) is 0 Å². The first-order valence-electron chi connectivity index (χ1n) is 4.59. The summed E-state index contributed by atoms with van der Waals surface area (Å²) in [5, 5.41) is 11.5. The normalized spacial score (nSPS) is 10.6. The fourth-order valence-electron chi connectivity index (χ4n) is 0.766. The lowest BCUT2D eigenvalue weighted by Gasteiger charge is -2.05. The highest BCUT2D eigenvalue weighted by Crippen LogP contribution is 1.73. The predicted octanol–water partition coefficient (Wildman–Crippen LogP) is -1.44. The third-order valence-electron chi connectivity index (χ3n) is 1.34. The summed E-state index contributed by atoms with van der Waals surface area (Å²) < 4.78 is 10.2. The van der Waals surface area contributed by atoms with Crippen molar-refractivity contribution >= 4 is 0 Å². The number of aliphatic hydroxyl groups is 1. The third kappa shape index (κ3) is 11.8. The van der Waals surface area contributed by atoms with Crippen LogP contribution in [0.4, 0.5) is 0 Å². The molecule has 0 saturated carbocycles. The summed E-state index contributed by atoms with van der Waals surface area (Å²) in [6.07, 6.45) is 0. The molecule has 0 aromatic heterocycles. The number of nitrogens with one attached hydrogen (secondary N) is 1. The monoisotopic (exact) mass is 192 g/mol. The van der Waals surface area contributed by atoms with E-state index in [2.05, 4.69) is 5.32 Å². The Labute approximate surface area is 79.2 Å². The van der Waals surface area contributed by atoms with Crippen LogP contribution in [0.15, 0.2) is 0 Å². The van der Waals surface area contributed by atoms with E-state index in [1.807, 2.05) is 0 Å². The van der Waals surface area contributed by atoms with Gasteiger partial charge in [-0.05, 0) is 0 Å². The standard InChI is InChI=1S/C8H20N2O3/c9-1-5-12-6-2-10-3-7-13-8-4-11/h10-11H,1-9H2. The van der Waals surface area contributed by atoms with Crippen LogP contribution in [0.25, 0.3) is 0 Å². The van der Waals surface area contributed by atoms with Crippen molar-refractivity contribution < 1.29 is 14.6 Å². The Morgan fingerprint density at radius 3 is 2.15 bits per heavy atom. The van der Waals surface area contributed by atoms with E-state index in [1.165, 1.54) is 0 Å². The quantitative estimate of drug-likeness (QED) is 0.370. The smallest absolute Gasteiger partial charge is 0.0698 e. The predicted molar refractivity (Wildman–Crippen MR) is 50.6 cm³/mol. The van der Waals surface area contributed by atoms with Crippen LogP contribution in [0.2, 0.25) is 0 Å². The summed E-state index contributed by atoms with van der Waals surface area (Å²) in [6, 6.07) is 0. The van der Waals surface area contributed by atoms with Crippen molar-refractivity contribution in [1.29, 1.82) is 0 Å². The van der Waals surface area contributed by atoms with Crippen LogP contribution >= 0.6 is 0 Å². The molecule has 0 heterocycles. The highest BCUT2D eigenvalue weighted by atomic mass is 16.5. The van der Waals surface area contributed by atoms with Gasteiger partial charge in [0.05, 0.1) is 33.0 Å². The first-order chi connectivity index (χ1) is 6.41. The van der Waals surface area contributed by atoms with Crippen molar-refractivity contribution in [2.24, 2.45) is 5.73 Å². The first kappa shape index (κ1) is 12.8. The average Bonchev–Trinajstić information content (AvgIpc) is 2.16. The Balaban J connectivity index is 2.76. The largest absolute Gasteiger partial charge is 0.394 e. The minimum Gasteiger partial charge on any atom is -0.394 e. The van der Waals surface area contributed by atoms with E-state index >= 15 is 0 Å². The summed E-state index contributed by atoms with van der Waals surface area (Å²) >= 11 is 0. The molecule has 0 aromatic rings. The molecule has 0 spiro atoms. The molecule has 0 amide bonds. The van der Waals surface area contributed by atoms with E-state index in [0.29, 0.717) is 33.0 Å². The van der Waals surface area contributed by atoms with E-state index < -0.39 is 0 Å². The molecule has 0 aliphatic rings. The molecule has 0 radical (unpaired) electrons. The maximum absolute atomic E-state index is 8.39. The zero-order valence-corrected chi connectivity index (χ0v) is 8.00. The molecule has 0 fully saturated rings. The second-order valence-corrected chi connectivity index (χ2v) is 2.49. The molecule has 5 heteroatoms. The topological polar surface area (TPSA) is 76.7 Å². The van der Waals surface area contributed by atoms with E-state index in [-0.39, 0.29) is 6.61 Å². The van der Waals surface area contributed by atoms with Crippen LogP contribution in [-0.4, -0.2) is 57.8 Å². The lowest BCUT2D eigenvalue weighted by molar-refractivity contribution is 0.0913. The lowest BCUT2D eigenvalue weighted by atomic mass is 10.6. The Bertz CT molecular complexity index is 83.5. The molecule has 5 nitrogen and oxygen atoms in total. The molecule has 0 aliphatic carbocycles. The first-order valence-corrected chi connectivity index (χ1v) is 4.59. The SMILES string of the molecule is NCCOCCNCCOCCO. The van der Waals surface area contributed by atoms with E-state index in [9.17, 15) is 0 Å². The summed E-state index contributed by atoms with van der Waals surface area (Å²) in [5.41, 5.74) is 5.24. The van der Waals surface area contributed by atoms with Crippen molar-refractivity contribution in [3.63, 3.8) is 0 Å². The second-order valence-electron chi connectivity index (χ2n) is 2.49. The van der Waals surface area contributed by atoms with E-state index in [1.54, 1.807) is 0 Å². The minimum atomic E-state index is 0.0829. The number of hydrogen-bond acceptors (Lipinski definition) is 5.